The van der Waals surface area contributed by atoms with E-state index in [0.717, 1.165) is 36.0 Å². The second kappa shape index (κ2) is 6.51. The van der Waals surface area contributed by atoms with E-state index in [2.05, 4.69) is 6.92 Å². The molecular weight excluding hydrogens is 317 g/mol. The Morgan fingerprint density at radius 3 is 2.76 bits per heavy atom. The van der Waals surface area contributed by atoms with Crippen LogP contribution >= 0.6 is 0 Å². The topological polar surface area (TPSA) is 52.3 Å². The third-order valence-corrected chi connectivity index (χ3v) is 5.14. The zero-order valence-electron chi connectivity index (χ0n) is 14.9. The second-order valence-electron chi connectivity index (χ2n) is 7.39. The highest BCUT2D eigenvalue weighted by Crippen LogP contribution is 2.47. The summed E-state index contributed by atoms with van der Waals surface area (Å²) in [6.45, 7) is 6.11. The summed E-state index contributed by atoms with van der Waals surface area (Å²) in [5.41, 5.74) is 9.33. The fraction of sp³-hybridized carbons (Fsp3) is 0.381. The Morgan fingerprint density at radius 2 is 2.08 bits per heavy atom. The number of nitrogens with two attached hydrogens (primary N) is 1. The van der Waals surface area contributed by atoms with E-state index in [1.54, 1.807) is 0 Å². The third kappa shape index (κ3) is 3.39. The first-order valence-corrected chi connectivity index (χ1v) is 8.69. The van der Waals surface area contributed by atoms with Crippen LogP contribution in [0.4, 0.5) is 9.18 Å². The average Bonchev–Trinajstić information content (AvgIpc) is 2.57. The Bertz CT molecular complexity index is 814. The van der Waals surface area contributed by atoms with Gasteiger partial charge >= 0.3 is 6.09 Å². The number of hydrogen-bond donors (Lipinski definition) is 1. The van der Waals surface area contributed by atoms with E-state index in [9.17, 15) is 9.18 Å². The molecule has 0 saturated carbocycles. The van der Waals surface area contributed by atoms with Crippen molar-refractivity contribution >= 4 is 6.09 Å². The standard InChI is InChI=1S/C21H24FNO2/c1-4-13-6-5-7-14(10-13)16-11-15-8-9-21(2,3)19(25-20(23)24)17(15)12-18(16)22/h5-7,10-12,19H,4,8-9H2,1-3H3,(H2,23,24)/t19-/m0/s1. The van der Waals surface area contributed by atoms with Crippen molar-refractivity contribution in [2.24, 2.45) is 11.1 Å². The molecule has 0 bridgehead atoms. The quantitative estimate of drug-likeness (QED) is 0.838. The molecule has 3 rings (SSSR count). The van der Waals surface area contributed by atoms with Crippen LogP contribution in [-0.4, -0.2) is 6.09 Å². The van der Waals surface area contributed by atoms with Crippen molar-refractivity contribution in [2.45, 2.75) is 46.1 Å². The summed E-state index contributed by atoms with van der Waals surface area (Å²) in [6.07, 6.45) is 1.22. The number of amides is 1. The first-order chi connectivity index (χ1) is 11.8. The predicted octanol–water partition coefficient (Wildman–Crippen LogP) is 5.16. The molecule has 1 aliphatic carbocycles. The molecular formula is C21H24FNO2. The molecule has 0 radical (unpaired) electrons. The monoisotopic (exact) mass is 341 g/mol. The van der Waals surface area contributed by atoms with Gasteiger partial charge in [0.05, 0.1) is 0 Å². The number of ether oxygens (including phenoxy) is 1. The number of benzene rings is 2. The molecule has 0 unspecified atom stereocenters. The molecule has 0 aromatic heterocycles. The van der Waals surface area contributed by atoms with E-state index in [0.29, 0.717) is 5.56 Å². The molecule has 0 heterocycles. The van der Waals surface area contributed by atoms with Gasteiger partial charge in [-0.1, -0.05) is 45.0 Å². The first kappa shape index (κ1) is 17.5. The first-order valence-electron chi connectivity index (χ1n) is 8.69. The fourth-order valence-corrected chi connectivity index (χ4v) is 3.62. The molecule has 2 aromatic rings. The highest BCUT2D eigenvalue weighted by molar-refractivity contribution is 5.68. The van der Waals surface area contributed by atoms with E-state index < -0.39 is 12.2 Å². The van der Waals surface area contributed by atoms with Crippen LogP contribution in [0.3, 0.4) is 0 Å². The van der Waals surface area contributed by atoms with Gasteiger partial charge in [-0.15, -0.1) is 0 Å². The van der Waals surface area contributed by atoms with Crippen molar-refractivity contribution in [2.75, 3.05) is 0 Å². The van der Waals surface area contributed by atoms with Crippen LogP contribution in [0, 0.1) is 11.2 Å². The maximum Gasteiger partial charge on any atom is 0.405 e. The minimum atomic E-state index is -0.828. The number of aryl methyl sites for hydroxylation is 2. The number of rotatable bonds is 3. The van der Waals surface area contributed by atoms with Gasteiger partial charge in [-0.2, -0.15) is 0 Å². The summed E-state index contributed by atoms with van der Waals surface area (Å²) in [6, 6.07) is 11.3. The number of carbonyl (C=O) groups excluding carboxylic acids is 1. The SMILES string of the molecule is CCc1cccc(-c2cc3c(cc2F)[C@H](OC(N)=O)C(C)(C)CC3)c1. The summed E-state index contributed by atoms with van der Waals surface area (Å²) in [5, 5.41) is 0. The van der Waals surface area contributed by atoms with Crippen molar-refractivity contribution in [1.29, 1.82) is 0 Å². The summed E-state index contributed by atoms with van der Waals surface area (Å²) in [4.78, 5) is 11.3. The van der Waals surface area contributed by atoms with Gasteiger partial charge in [0.15, 0.2) is 0 Å². The number of fused-ring (bicyclic) bond motifs is 1. The molecule has 0 spiro atoms. The van der Waals surface area contributed by atoms with Gasteiger partial charge in [0.2, 0.25) is 0 Å². The van der Waals surface area contributed by atoms with E-state index in [-0.39, 0.29) is 11.2 Å². The number of halogens is 1. The van der Waals surface area contributed by atoms with Gasteiger partial charge in [0.25, 0.3) is 0 Å². The van der Waals surface area contributed by atoms with Gasteiger partial charge in [0.1, 0.15) is 11.9 Å². The highest BCUT2D eigenvalue weighted by Gasteiger charge is 2.39. The summed E-state index contributed by atoms with van der Waals surface area (Å²) in [5.74, 6) is -0.303. The van der Waals surface area contributed by atoms with Crippen LogP contribution in [0.15, 0.2) is 36.4 Å². The fourth-order valence-electron chi connectivity index (χ4n) is 3.62. The lowest BCUT2D eigenvalue weighted by atomic mass is 9.71. The molecule has 2 aromatic carbocycles. The predicted molar refractivity (Wildman–Crippen MR) is 96.7 cm³/mol. The summed E-state index contributed by atoms with van der Waals surface area (Å²) in [7, 11) is 0. The molecule has 0 fully saturated rings. The Hall–Kier alpha value is -2.36. The largest absolute Gasteiger partial charge is 0.441 e. The van der Waals surface area contributed by atoms with Gasteiger partial charge in [-0.05, 0) is 53.6 Å². The molecule has 2 N–H and O–H groups in total. The summed E-state index contributed by atoms with van der Waals surface area (Å²) >= 11 is 0. The Kier molecular flexibility index (Phi) is 4.55. The van der Waals surface area contributed by atoms with Crippen LogP contribution in [0.2, 0.25) is 0 Å². The normalized spacial score (nSPS) is 18.5. The second-order valence-corrected chi connectivity index (χ2v) is 7.39. The van der Waals surface area contributed by atoms with Gasteiger partial charge < -0.3 is 10.5 Å². The maximum absolute atomic E-state index is 14.9. The lowest BCUT2D eigenvalue weighted by Crippen LogP contribution is -2.33. The maximum atomic E-state index is 14.9. The molecule has 0 aliphatic heterocycles. The van der Waals surface area contributed by atoms with Gasteiger partial charge in [-0.3, -0.25) is 0 Å². The molecule has 25 heavy (non-hydrogen) atoms. The zero-order valence-corrected chi connectivity index (χ0v) is 14.9. The van der Waals surface area contributed by atoms with Crippen LogP contribution < -0.4 is 5.73 Å². The number of primary amides is 1. The van der Waals surface area contributed by atoms with Crippen molar-refractivity contribution in [1.82, 2.24) is 0 Å². The molecule has 1 amide bonds. The molecule has 0 saturated heterocycles. The smallest absolute Gasteiger partial charge is 0.405 e. The lowest BCUT2D eigenvalue weighted by molar-refractivity contribution is 0.0145. The molecule has 3 nitrogen and oxygen atoms in total. The van der Waals surface area contributed by atoms with Crippen LogP contribution in [0.25, 0.3) is 11.1 Å². The van der Waals surface area contributed by atoms with Crippen molar-refractivity contribution in [3.63, 3.8) is 0 Å². The van der Waals surface area contributed by atoms with Gasteiger partial charge in [0, 0.05) is 11.0 Å². The molecule has 4 heteroatoms. The number of hydrogen-bond acceptors (Lipinski definition) is 2. The summed E-state index contributed by atoms with van der Waals surface area (Å²) < 4.78 is 20.2. The Morgan fingerprint density at radius 1 is 1.32 bits per heavy atom. The highest BCUT2D eigenvalue weighted by atomic mass is 19.1. The minimum absolute atomic E-state index is 0.280. The Balaban J connectivity index is 2.08. The van der Waals surface area contributed by atoms with Crippen LogP contribution in [0.1, 0.15) is 50.0 Å². The van der Waals surface area contributed by atoms with Crippen molar-refractivity contribution < 1.29 is 13.9 Å². The van der Waals surface area contributed by atoms with Crippen molar-refractivity contribution in [3.05, 3.63) is 58.9 Å². The lowest BCUT2D eigenvalue weighted by Gasteiger charge is -2.39. The van der Waals surface area contributed by atoms with Crippen LogP contribution in [0.5, 0.6) is 0 Å². The van der Waals surface area contributed by atoms with E-state index in [4.69, 9.17) is 10.5 Å². The van der Waals surface area contributed by atoms with E-state index in [1.807, 2.05) is 44.2 Å². The third-order valence-electron chi connectivity index (χ3n) is 5.14. The molecule has 132 valence electrons. The van der Waals surface area contributed by atoms with E-state index >= 15 is 0 Å². The molecule has 1 aliphatic rings. The Labute approximate surface area is 148 Å². The van der Waals surface area contributed by atoms with E-state index in [1.165, 1.54) is 11.6 Å². The van der Waals surface area contributed by atoms with Crippen molar-refractivity contribution in [3.8, 4) is 11.1 Å². The molecule has 1 atom stereocenters. The van der Waals surface area contributed by atoms with Crippen LogP contribution in [-0.2, 0) is 17.6 Å². The minimum Gasteiger partial charge on any atom is -0.441 e. The average molecular weight is 341 g/mol. The van der Waals surface area contributed by atoms with Gasteiger partial charge in [-0.25, -0.2) is 9.18 Å². The zero-order chi connectivity index (χ0) is 18.2. The number of carbonyl (C=O) groups is 1.